The molecule has 0 amide bonds. The van der Waals surface area contributed by atoms with Gasteiger partial charge in [0, 0.05) is 78.7 Å². The van der Waals surface area contributed by atoms with Crippen molar-refractivity contribution in [1.82, 2.24) is 73.8 Å². The van der Waals surface area contributed by atoms with Crippen LogP contribution in [0.15, 0.2) is 96.4 Å². The molecule has 39 heteroatoms. The lowest BCUT2D eigenvalue weighted by Gasteiger charge is -2.19. The number of nitriles is 4. The number of aliphatic hydroxyl groups excluding tert-OH is 1. The Kier molecular flexibility index (Phi) is 46.8. The number of pyridine rings is 8. The molecule has 0 aliphatic heterocycles. The number of nitrogen functional groups attached to an aromatic ring is 2. The van der Waals surface area contributed by atoms with E-state index >= 15 is 0 Å². The molecule has 0 radical (unpaired) electrons. The smallest absolute Gasteiger partial charge is 0.419 e. The van der Waals surface area contributed by atoms with E-state index in [4.69, 9.17) is 146 Å². The first-order valence-electron chi connectivity index (χ1n) is 42.4. The third kappa shape index (κ3) is 36.1. The fourth-order valence-electron chi connectivity index (χ4n) is 11.4. The molecule has 28 nitrogen and oxygen atoms in total. The molecule has 14 heterocycles. The van der Waals surface area contributed by atoms with E-state index in [-0.39, 0.29) is 6.42 Å². The number of nitrogens with one attached hydrogen (secondary N) is 4. The number of ether oxygens (including phenoxy) is 2. The van der Waals surface area contributed by atoms with Crippen LogP contribution in [0.2, 0.25) is 79.5 Å². The average molecular weight is 2120 g/mol. The fourth-order valence-corrected chi connectivity index (χ4v) is 13.5. The van der Waals surface area contributed by atoms with Crippen molar-refractivity contribution in [2.75, 3.05) is 32.7 Å². The van der Waals surface area contributed by atoms with E-state index in [2.05, 4.69) is 167 Å². The van der Waals surface area contributed by atoms with Crippen LogP contribution in [0.5, 0.6) is 0 Å². The van der Waals surface area contributed by atoms with Crippen molar-refractivity contribution in [3.63, 3.8) is 0 Å². The molecule has 0 fully saturated rings. The highest BCUT2D eigenvalue weighted by Gasteiger charge is 2.31. The van der Waals surface area contributed by atoms with Crippen LogP contribution in [0.25, 0.3) is 66.2 Å². The van der Waals surface area contributed by atoms with Crippen molar-refractivity contribution in [2.24, 2.45) is 5.90 Å². The Balaban J connectivity index is 0.000000400. The van der Waals surface area contributed by atoms with Crippen LogP contribution in [0.1, 0.15) is 162 Å². The third-order valence-corrected chi connectivity index (χ3v) is 23.9. The first-order chi connectivity index (χ1) is 63.7. The summed E-state index contributed by atoms with van der Waals surface area (Å²) in [5.41, 5.74) is 36.7. The highest BCUT2D eigenvalue weighted by Crippen LogP contribution is 2.36. The Morgan fingerprint density at radius 1 is 0.474 bits per heavy atom. The van der Waals surface area contributed by atoms with E-state index in [1.807, 2.05) is 132 Å². The summed E-state index contributed by atoms with van der Waals surface area (Å²) >= 11 is 50.9. The van der Waals surface area contributed by atoms with Gasteiger partial charge in [-0.15, -0.1) is 17.5 Å². The van der Waals surface area contributed by atoms with Gasteiger partial charge in [-0.25, -0.2) is 55.4 Å². The van der Waals surface area contributed by atoms with Crippen molar-refractivity contribution in [3.8, 4) is 47.7 Å². The number of aromatic amines is 4. The maximum Gasteiger partial charge on any atom is 0.419 e. The van der Waals surface area contributed by atoms with E-state index in [0.717, 1.165) is 103 Å². The molecular formula is C98H121BrCl8N22O6Si2. The van der Waals surface area contributed by atoms with Gasteiger partial charge in [0.05, 0.1) is 211 Å². The van der Waals surface area contributed by atoms with Crippen molar-refractivity contribution in [1.29, 1.82) is 21.0 Å². The third-order valence-electron chi connectivity index (χ3n) is 18.5. The average Bonchev–Trinajstić information content (AvgIpc) is 1.63. The Morgan fingerprint density at radius 3 is 1.26 bits per heavy atom. The molecule has 14 aromatic heterocycles. The lowest BCUT2D eigenvalue weighted by Crippen LogP contribution is -2.26. The quantitative estimate of drug-likeness (QED) is 0.0323. The summed E-state index contributed by atoms with van der Waals surface area (Å²) in [6, 6.07) is 24.9. The molecule has 14 aromatic rings. The molecule has 0 aliphatic carbocycles. The van der Waals surface area contributed by atoms with Gasteiger partial charge in [-0.1, -0.05) is 152 Å². The monoisotopic (exact) mass is 2120 g/mol. The second-order valence-electron chi connectivity index (χ2n) is 35.6. The van der Waals surface area contributed by atoms with Crippen LogP contribution >= 0.6 is 109 Å². The molecule has 0 aliphatic rings. The molecule has 14 rings (SSSR count). The van der Waals surface area contributed by atoms with Crippen LogP contribution in [-0.4, -0.2) is 145 Å². The molecule has 0 saturated heterocycles. The summed E-state index contributed by atoms with van der Waals surface area (Å²) in [4.78, 5) is 74.0. The van der Waals surface area contributed by atoms with Crippen LogP contribution in [0, 0.1) is 124 Å². The van der Waals surface area contributed by atoms with Crippen LogP contribution in [0.3, 0.4) is 0 Å². The number of terminal acetylenes is 1. The Labute approximate surface area is 853 Å². The summed E-state index contributed by atoms with van der Waals surface area (Å²) in [7, 11) is 2.60. The predicted octanol–water partition coefficient (Wildman–Crippen LogP) is 26.2. The normalized spacial score (nSPS) is 10.8. The molecule has 0 unspecified atom stereocenters. The Bertz CT molecular complexity index is 6760. The predicted molar refractivity (Wildman–Crippen MR) is 571 cm³/mol. The molecule has 730 valence electrons. The zero-order chi connectivity index (χ0) is 105. The number of hydrogen-bond donors (Lipinski definition) is 9. The second kappa shape index (κ2) is 53.3. The maximum atomic E-state index is 12.5. The number of carbonyl (C=O) groups excluding carboxylic acids is 2. The van der Waals surface area contributed by atoms with Crippen molar-refractivity contribution in [3.05, 3.63) is 216 Å². The fraction of sp³-hybridized carbons (Fsp3) is 0.367. The topological polar surface area (TPSA) is 446 Å². The standard InChI is InChI=1S/C17H20ClN3O2.C15H16ClN3O2.C12H12ClN3.C11H14ClN3.C11H15ClN2Si.C10H8ClN3.C8H7ClN2.C6H6BrClN2.C5H10Si.C2H6.CH4O.H3NO/c1-10-12(18)7-13-14(20-10)11(17(5,6)9-19)8-21(13)15(22)23-16(2,3)4;1-9-11(16)7-12-13(18-9)10(5-6-17)8-19(12)14(20)21-15(2,3)4;1-7-9(13)4-10-11(16-7)8(5-15-10)12(2,3)6-14;1-7-9(12)4-10-11(14-7)8(5-13-10)6-15(2)3;1-8-9(12)7-10(13)11(14-8)5-6-15(2,3)4;1-6-8(11)4-9-10(14-6)7(2-3-12)5-13-9;1-5-6(9)4-8-7(11-5)2-3-10-8;1-3-4(8)2-5(9)6(7)10-3;1-5-6(2,3)4;3*1-2/h7-8H,1-6H3;7-8H,5H2,1-4H3;4-5,15H,1-3H3;4-5,13H,6H2,1-3H3;7H,13H2,1-4H3;4-5,13H,2H2,1H3;2-4,10H,1H3;2H,9H2,1H3;1H,2-4H3;1-2H3;2H,1H3;2H,1H2. The number of aromatic nitrogens is 14. The SMILES string of the molecule is C#C[Si](C)(C)C.CC.CO.Cc1nc(Br)c(N)cc1Cl.Cc1nc(C#C[Si](C)(C)C)c(N)cc1Cl.Cc1nc2c(C(C)(C)C#N)c[nH]c2cc1Cl.Cc1nc2c(C(C)(C)C#N)cn(C(=O)OC(C)(C)C)c2cc1Cl.Cc1nc2c(CC#N)c[nH]c2cc1Cl.Cc1nc2c(CC#N)cn(C(=O)OC(C)(C)C)c2cc1Cl.Cc1nc2c(CN(C)C)c[nH]c2cc1Cl.Cc1nc2cc[nH]c2cc1Cl.NO. The molecular weight excluding hydrogens is 2000 g/mol. The van der Waals surface area contributed by atoms with E-state index < -0.39 is 50.4 Å². The van der Waals surface area contributed by atoms with Gasteiger partial charge in [-0.2, -0.15) is 21.0 Å². The second-order valence-corrected chi connectivity index (χ2v) is 49.1. The van der Waals surface area contributed by atoms with E-state index in [9.17, 15) is 14.9 Å². The van der Waals surface area contributed by atoms with Gasteiger partial charge in [0.1, 0.15) is 37.6 Å². The molecule has 0 atom stereocenters. The van der Waals surface area contributed by atoms with Crippen molar-refractivity contribution < 1.29 is 29.4 Å². The van der Waals surface area contributed by atoms with Crippen LogP contribution in [0.4, 0.5) is 21.0 Å². The minimum Gasteiger partial charge on any atom is -0.443 e. The molecule has 0 spiro atoms. The van der Waals surface area contributed by atoms with Crippen molar-refractivity contribution in [2.45, 2.75) is 219 Å². The van der Waals surface area contributed by atoms with E-state index in [1.165, 1.54) is 14.7 Å². The van der Waals surface area contributed by atoms with Gasteiger partial charge in [0.15, 0.2) is 0 Å². The number of aliphatic hydroxyl groups is 1. The van der Waals surface area contributed by atoms with Gasteiger partial charge in [0.2, 0.25) is 0 Å². The Hall–Kier alpha value is -10.9. The number of nitrogens with two attached hydrogens (primary N) is 3. The molecule has 137 heavy (non-hydrogen) atoms. The first-order valence-corrected chi connectivity index (χ1v) is 53.3. The molecule has 0 saturated carbocycles. The van der Waals surface area contributed by atoms with Crippen LogP contribution in [-0.2, 0) is 39.7 Å². The van der Waals surface area contributed by atoms with Gasteiger partial charge >= 0.3 is 12.2 Å². The number of fused-ring (bicyclic) bond motifs is 6. The number of aryl methyl sites for hydroxylation is 8. The number of halogens is 9. The highest BCUT2D eigenvalue weighted by molar-refractivity contribution is 9.10. The summed E-state index contributed by atoms with van der Waals surface area (Å²) in [6.45, 7) is 50.7. The first kappa shape index (κ1) is 120. The number of rotatable bonds is 6. The van der Waals surface area contributed by atoms with Crippen molar-refractivity contribution >= 4 is 215 Å². The minimum atomic E-state index is -1.38. The zero-order valence-corrected chi connectivity index (χ0v) is 92.4. The number of carbonyl (C=O) groups is 2. The summed E-state index contributed by atoms with van der Waals surface area (Å²) in [5, 5.41) is 54.4. The highest BCUT2D eigenvalue weighted by atomic mass is 79.9. The summed E-state index contributed by atoms with van der Waals surface area (Å²) in [5.74, 6) is 6.54. The summed E-state index contributed by atoms with van der Waals surface area (Å²) < 4.78 is 14.2. The van der Waals surface area contributed by atoms with Gasteiger partial charge in [-0.05, 0) is 209 Å². The van der Waals surface area contributed by atoms with E-state index in [1.54, 1.807) is 112 Å². The summed E-state index contributed by atoms with van der Waals surface area (Å²) in [6.07, 6.45) is 15.3. The number of anilines is 2. The van der Waals surface area contributed by atoms with E-state index in [0.29, 0.717) is 113 Å². The largest absolute Gasteiger partial charge is 0.443 e. The zero-order valence-electron chi connectivity index (χ0n) is 82.7. The van der Waals surface area contributed by atoms with Gasteiger partial charge in [0.25, 0.3) is 0 Å². The minimum absolute atomic E-state index is 0.167. The van der Waals surface area contributed by atoms with Gasteiger partial charge < -0.3 is 56.1 Å². The number of H-pyrrole nitrogens is 4. The van der Waals surface area contributed by atoms with Gasteiger partial charge in [-0.3, -0.25) is 9.13 Å². The molecule has 0 aromatic carbocycles. The maximum absolute atomic E-state index is 12.5. The Morgan fingerprint density at radius 2 is 0.825 bits per heavy atom. The molecule has 0 bridgehead atoms. The lowest BCUT2D eigenvalue weighted by atomic mass is 9.87. The number of hydrogen-bond acceptors (Lipinski definition) is 22. The number of nitrogens with zero attached hydrogens (tertiary/aromatic N) is 15. The lowest BCUT2D eigenvalue weighted by molar-refractivity contribution is 0.0532. The van der Waals surface area contributed by atoms with Crippen LogP contribution < -0.4 is 17.4 Å². The molecule has 12 N–H and O–H groups in total.